The molecule has 0 saturated carbocycles. The van der Waals surface area contributed by atoms with E-state index in [1.807, 2.05) is 34.6 Å². The highest BCUT2D eigenvalue weighted by Gasteiger charge is 2.30. The van der Waals surface area contributed by atoms with E-state index in [-0.39, 0.29) is 17.8 Å². The van der Waals surface area contributed by atoms with Gasteiger partial charge in [0.15, 0.2) is 0 Å². The van der Waals surface area contributed by atoms with Crippen LogP contribution in [0.5, 0.6) is 0 Å². The van der Waals surface area contributed by atoms with Crippen molar-refractivity contribution in [2.75, 3.05) is 12.4 Å². The smallest absolute Gasteiger partial charge is 0.212 e. The van der Waals surface area contributed by atoms with Crippen LogP contribution in [0.1, 0.15) is 47.5 Å². The Hall–Kier alpha value is -0.130. The summed E-state index contributed by atoms with van der Waals surface area (Å²) in [6.45, 7) is 9.39. The van der Waals surface area contributed by atoms with Crippen LogP contribution in [0.15, 0.2) is 0 Å². The fourth-order valence-electron chi connectivity index (χ4n) is 1.53. The standard InChI is InChI=1S/C11H25NO3S/c1-6-11(5,7-8-13)12-16(14,15)9-10(2,3)4/h12-13H,6-9H2,1-5H3. The van der Waals surface area contributed by atoms with E-state index in [0.717, 1.165) is 0 Å². The zero-order valence-electron chi connectivity index (χ0n) is 11.0. The summed E-state index contributed by atoms with van der Waals surface area (Å²) in [7, 11) is -3.29. The van der Waals surface area contributed by atoms with Gasteiger partial charge in [-0.3, -0.25) is 0 Å². The number of rotatable bonds is 6. The second kappa shape index (κ2) is 5.47. The maximum absolute atomic E-state index is 11.9. The minimum absolute atomic E-state index is 0.0115. The average Bonchev–Trinajstić information content (AvgIpc) is 1.98. The van der Waals surface area contributed by atoms with Crippen LogP contribution in [0.2, 0.25) is 0 Å². The summed E-state index contributed by atoms with van der Waals surface area (Å²) in [6.07, 6.45) is 1.10. The van der Waals surface area contributed by atoms with Crippen LogP contribution in [0, 0.1) is 5.41 Å². The van der Waals surface area contributed by atoms with Gasteiger partial charge in [-0.1, -0.05) is 27.7 Å². The molecular formula is C11H25NO3S. The van der Waals surface area contributed by atoms with Crippen molar-refractivity contribution < 1.29 is 13.5 Å². The lowest BCUT2D eigenvalue weighted by molar-refractivity contribution is 0.233. The zero-order chi connectivity index (χ0) is 13.0. The van der Waals surface area contributed by atoms with Crippen molar-refractivity contribution in [3.63, 3.8) is 0 Å². The molecule has 98 valence electrons. The van der Waals surface area contributed by atoms with Crippen LogP contribution in [-0.4, -0.2) is 31.4 Å². The van der Waals surface area contributed by atoms with E-state index in [2.05, 4.69) is 4.72 Å². The van der Waals surface area contributed by atoms with Gasteiger partial charge >= 0.3 is 0 Å². The Bertz CT molecular complexity index is 306. The van der Waals surface area contributed by atoms with Crippen LogP contribution < -0.4 is 4.72 Å². The van der Waals surface area contributed by atoms with Crippen molar-refractivity contribution >= 4 is 10.0 Å². The molecule has 0 rings (SSSR count). The van der Waals surface area contributed by atoms with Gasteiger partial charge in [0.2, 0.25) is 10.0 Å². The Morgan fingerprint density at radius 2 is 1.69 bits per heavy atom. The summed E-state index contributed by atoms with van der Waals surface area (Å²) in [6, 6.07) is 0. The van der Waals surface area contributed by atoms with Gasteiger partial charge in [0, 0.05) is 12.1 Å². The minimum atomic E-state index is -3.29. The quantitative estimate of drug-likeness (QED) is 0.752. The number of aliphatic hydroxyl groups is 1. The van der Waals surface area contributed by atoms with Crippen LogP contribution in [0.4, 0.5) is 0 Å². The third-order valence-corrected chi connectivity index (χ3v) is 4.52. The first-order chi connectivity index (χ1) is 7.04. The molecule has 0 aromatic carbocycles. The largest absolute Gasteiger partial charge is 0.396 e. The maximum Gasteiger partial charge on any atom is 0.212 e. The SMILES string of the molecule is CCC(C)(CCO)NS(=O)(=O)CC(C)(C)C. The van der Waals surface area contributed by atoms with Gasteiger partial charge in [-0.05, 0) is 25.2 Å². The summed E-state index contributed by atoms with van der Waals surface area (Å²) in [5, 5.41) is 8.93. The van der Waals surface area contributed by atoms with Crippen molar-refractivity contribution in [3.05, 3.63) is 0 Å². The number of sulfonamides is 1. The van der Waals surface area contributed by atoms with Crippen LogP contribution in [0.3, 0.4) is 0 Å². The second-order valence-electron chi connectivity index (χ2n) is 5.81. The highest BCUT2D eigenvalue weighted by atomic mass is 32.2. The monoisotopic (exact) mass is 251 g/mol. The molecule has 1 unspecified atom stereocenters. The van der Waals surface area contributed by atoms with Crippen LogP contribution in [0.25, 0.3) is 0 Å². The molecule has 0 radical (unpaired) electrons. The topological polar surface area (TPSA) is 66.4 Å². The van der Waals surface area contributed by atoms with Gasteiger partial charge in [-0.2, -0.15) is 0 Å². The first kappa shape index (κ1) is 15.9. The average molecular weight is 251 g/mol. The van der Waals surface area contributed by atoms with Gasteiger partial charge in [0.25, 0.3) is 0 Å². The molecule has 0 aliphatic rings. The Balaban J connectivity index is 4.68. The molecule has 0 aliphatic carbocycles. The van der Waals surface area contributed by atoms with E-state index in [1.165, 1.54) is 0 Å². The van der Waals surface area contributed by atoms with E-state index in [1.54, 1.807) is 0 Å². The van der Waals surface area contributed by atoms with Crippen molar-refractivity contribution in [2.24, 2.45) is 5.41 Å². The molecular weight excluding hydrogens is 226 g/mol. The number of hydrogen-bond acceptors (Lipinski definition) is 3. The molecule has 1 atom stereocenters. The fraction of sp³-hybridized carbons (Fsp3) is 1.00. The predicted octanol–water partition coefficient (Wildman–Crippen LogP) is 1.50. The molecule has 16 heavy (non-hydrogen) atoms. The van der Waals surface area contributed by atoms with Crippen molar-refractivity contribution in [1.82, 2.24) is 4.72 Å². The lowest BCUT2D eigenvalue weighted by Gasteiger charge is -2.30. The lowest BCUT2D eigenvalue weighted by Crippen LogP contribution is -2.48. The Morgan fingerprint density at radius 3 is 2.00 bits per heavy atom. The molecule has 0 bridgehead atoms. The van der Waals surface area contributed by atoms with E-state index in [4.69, 9.17) is 5.11 Å². The highest BCUT2D eigenvalue weighted by molar-refractivity contribution is 7.89. The third-order valence-electron chi connectivity index (χ3n) is 2.47. The van der Waals surface area contributed by atoms with Crippen LogP contribution >= 0.6 is 0 Å². The van der Waals surface area contributed by atoms with Crippen molar-refractivity contribution in [3.8, 4) is 0 Å². The first-order valence-electron chi connectivity index (χ1n) is 5.66. The van der Waals surface area contributed by atoms with E-state index < -0.39 is 15.6 Å². The fourth-order valence-corrected chi connectivity index (χ4v) is 3.74. The molecule has 0 saturated heterocycles. The molecule has 2 N–H and O–H groups in total. The molecule has 5 heteroatoms. The van der Waals surface area contributed by atoms with Gasteiger partial charge in [-0.25, -0.2) is 13.1 Å². The van der Waals surface area contributed by atoms with E-state index >= 15 is 0 Å². The summed E-state index contributed by atoms with van der Waals surface area (Å²) >= 11 is 0. The number of nitrogens with one attached hydrogen (secondary N) is 1. The number of aliphatic hydroxyl groups excluding tert-OH is 1. The van der Waals surface area contributed by atoms with Crippen LogP contribution in [-0.2, 0) is 10.0 Å². The van der Waals surface area contributed by atoms with E-state index in [0.29, 0.717) is 12.8 Å². The van der Waals surface area contributed by atoms with Gasteiger partial charge in [0.05, 0.1) is 5.75 Å². The van der Waals surface area contributed by atoms with Gasteiger partial charge < -0.3 is 5.11 Å². The van der Waals surface area contributed by atoms with Crippen molar-refractivity contribution in [1.29, 1.82) is 0 Å². The summed E-state index contributed by atoms with van der Waals surface area (Å²) in [5.74, 6) is 0.0982. The minimum Gasteiger partial charge on any atom is -0.396 e. The molecule has 0 aromatic rings. The number of hydrogen-bond donors (Lipinski definition) is 2. The third kappa shape index (κ3) is 6.45. The van der Waals surface area contributed by atoms with Gasteiger partial charge in [0.1, 0.15) is 0 Å². The summed E-state index contributed by atoms with van der Waals surface area (Å²) in [4.78, 5) is 0. The summed E-state index contributed by atoms with van der Waals surface area (Å²) in [5.41, 5.74) is -0.807. The molecule has 4 nitrogen and oxygen atoms in total. The molecule has 0 amide bonds. The lowest BCUT2D eigenvalue weighted by atomic mass is 9.97. The molecule has 0 spiro atoms. The zero-order valence-corrected chi connectivity index (χ0v) is 11.8. The first-order valence-corrected chi connectivity index (χ1v) is 7.31. The molecule has 0 aromatic heterocycles. The molecule has 0 aliphatic heterocycles. The second-order valence-corrected chi connectivity index (χ2v) is 7.53. The molecule has 0 fully saturated rings. The normalized spacial score (nSPS) is 17.1. The summed E-state index contributed by atoms with van der Waals surface area (Å²) < 4.78 is 26.5. The Morgan fingerprint density at radius 1 is 1.19 bits per heavy atom. The van der Waals surface area contributed by atoms with Crippen molar-refractivity contribution in [2.45, 2.75) is 53.0 Å². The maximum atomic E-state index is 11.9. The predicted molar refractivity (Wildman–Crippen MR) is 66.8 cm³/mol. The highest BCUT2D eigenvalue weighted by Crippen LogP contribution is 2.20. The van der Waals surface area contributed by atoms with Gasteiger partial charge in [-0.15, -0.1) is 0 Å². The Labute approximate surface area is 99.5 Å². The molecule has 0 heterocycles. The Kier molecular flexibility index (Phi) is 5.42. The van der Waals surface area contributed by atoms with E-state index in [9.17, 15) is 8.42 Å².